The number of alkyl carbamates (subject to hydrolysis) is 1. The zero-order chi connectivity index (χ0) is 38.8. The van der Waals surface area contributed by atoms with Gasteiger partial charge in [-0.05, 0) is 66.4 Å². The maximum absolute atomic E-state index is 12.6. The Hall–Kier alpha value is -4.56. The Morgan fingerprint density at radius 2 is 1.68 bits per heavy atom. The van der Waals surface area contributed by atoms with Crippen molar-refractivity contribution >= 4 is 51.6 Å². The van der Waals surface area contributed by atoms with E-state index in [2.05, 4.69) is 20.5 Å². The summed E-state index contributed by atoms with van der Waals surface area (Å²) in [5, 5.41) is 10.3. The minimum absolute atomic E-state index is 0.0685. The number of carbonyl (C=O) groups excluding carboxylic acids is 4. The highest BCUT2D eigenvalue weighted by molar-refractivity contribution is 6.12. The third-order valence-electron chi connectivity index (χ3n) is 8.74. The van der Waals surface area contributed by atoms with Crippen molar-refractivity contribution in [3.05, 3.63) is 42.2 Å². The van der Waals surface area contributed by atoms with Crippen LogP contribution in [0.3, 0.4) is 0 Å². The molecule has 0 saturated carbocycles. The first-order valence-electron chi connectivity index (χ1n) is 18.6. The number of fused-ring (bicyclic) bond motifs is 3. The minimum Gasteiger partial charge on any atom is -0.444 e. The number of amides is 4. The van der Waals surface area contributed by atoms with Crippen LogP contribution in [0.15, 0.2) is 36.4 Å². The maximum Gasteiger partial charge on any atom is 0.407 e. The number of hydrogen-bond donors (Lipinski definition) is 3. The Kier molecular flexibility index (Phi) is 14.4. The quantitative estimate of drug-likeness (QED) is 0.1000. The van der Waals surface area contributed by atoms with Gasteiger partial charge in [-0.3, -0.25) is 19.3 Å². The second-order valence-corrected chi connectivity index (χ2v) is 15.2. The molecule has 1 aromatic carbocycles. The summed E-state index contributed by atoms with van der Waals surface area (Å²) in [5.41, 5.74) is 1.13. The summed E-state index contributed by atoms with van der Waals surface area (Å²) in [6, 6.07) is 7.70. The number of benzene rings is 1. The number of nitrogens with zero attached hydrogens (tertiary/aromatic N) is 4. The van der Waals surface area contributed by atoms with E-state index in [1.54, 1.807) is 0 Å². The molecule has 3 N–H and O–H groups in total. The van der Waals surface area contributed by atoms with E-state index in [1.165, 1.54) is 17.1 Å². The Labute approximate surface area is 312 Å². The van der Waals surface area contributed by atoms with Crippen LogP contribution in [0.2, 0.25) is 0 Å². The average Bonchev–Trinajstić information content (AvgIpc) is 3.60. The summed E-state index contributed by atoms with van der Waals surface area (Å²) in [7, 11) is 0. The molecule has 3 aromatic rings. The van der Waals surface area contributed by atoms with E-state index >= 15 is 0 Å². The van der Waals surface area contributed by atoms with Gasteiger partial charge < -0.3 is 34.7 Å². The minimum atomic E-state index is -0.642. The van der Waals surface area contributed by atoms with Crippen LogP contribution in [0.4, 0.5) is 10.6 Å². The molecule has 1 atom stereocenters. The van der Waals surface area contributed by atoms with Crippen LogP contribution >= 0.6 is 0 Å². The summed E-state index contributed by atoms with van der Waals surface area (Å²) in [4.78, 5) is 59.7. The smallest absolute Gasteiger partial charge is 0.407 e. The summed E-state index contributed by atoms with van der Waals surface area (Å²) >= 11 is 0. The first-order chi connectivity index (χ1) is 25.1. The number of aromatic nitrogens is 3. The molecule has 290 valence electrons. The zero-order valence-corrected chi connectivity index (χ0v) is 32.5. The molecule has 0 aliphatic carbocycles. The molecule has 3 heterocycles. The highest BCUT2D eigenvalue weighted by Gasteiger charge is 2.27. The molecule has 4 rings (SSSR count). The molecule has 4 amide bonds. The number of rotatable bonds is 20. The van der Waals surface area contributed by atoms with Crippen molar-refractivity contribution in [3.63, 3.8) is 0 Å². The van der Waals surface area contributed by atoms with Crippen molar-refractivity contribution in [2.75, 3.05) is 38.2 Å². The summed E-state index contributed by atoms with van der Waals surface area (Å²) < 4.78 is 19.9. The largest absolute Gasteiger partial charge is 0.444 e. The fraction of sp³-hybridized carbons (Fsp3) is 0.590. The average molecular weight is 736 g/mol. The van der Waals surface area contributed by atoms with E-state index in [4.69, 9.17) is 24.2 Å². The zero-order valence-electron chi connectivity index (χ0n) is 32.5. The van der Waals surface area contributed by atoms with E-state index in [0.717, 1.165) is 28.7 Å². The van der Waals surface area contributed by atoms with Gasteiger partial charge >= 0.3 is 6.09 Å². The van der Waals surface area contributed by atoms with Gasteiger partial charge in [-0.1, -0.05) is 38.5 Å². The summed E-state index contributed by atoms with van der Waals surface area (Å²) in [6.45, 7) is 18.3. The van der Waals surface area contributed by atoms with Gasteiger partial charge in [0.25, 0.3) is 11.8 Å². The molecule has 0 spiro atoms. The number of pyridine rings is 1. The summed E-state index contributed by atoms with van der Waals surface area (Å²) in [6.07, 6.45) is 4.51. The molecule has 0 saturated heterocycles. The molecular formula is C39H57N7O7. The lowest BCUT2D eigenvalue weighted by atomic mass is 10.0. The molecule has 53 heavy (non-hydrogen) atoms. The van der Waals surface area contributed by atoms with Crippen molar-refractivity contribution in [2.24, 2.45) is 5.92 Å². The third kappa shape index (κ3) is 12.0. The Morgan fingerprint density at radius 3 is 2.36 bits per heavy atom. The van der Waals surface area contributed by atoms with Gasteiger partial charge in [0.1, 0.15) is 23.5 Å². The Balaban J connectivity index is 1.42. The van der Waals surface area contributed by atoms with Crippen LogP contribution in [0.5, 0.6) is 0 Å². The van der Waals surface area contributed by atoms with Crippen molar-refractivity contribution in [3.8, 4) is 0 Å². The van der Waals surface area contributed by atoms with Crippen molar-refractivity contribution in [2.45, 2.75) is 111 Å². The first-order valence-corrected chi connectivity index (χ1v) is 18.6. The standard InChI is InChI=1S/C39H57N7O7/c1-9-51-24-30-44-34-35(27-15-12-13-16-28(27)42-36(34)41-23-29(26(2)3)43-37(50)53-38(4,5)6)46(30)25-39(7,8)52-22-20-40-31(47)17-11-10-14-21-45-32(48)18-19-33(45)49/h12-13,15-16,18-19,26,29H,9-11,14,17,20-25H2,1-8H3,(H,40,47)(H,41,42)(H,43,50)/t29-/m1/s1. The Morgan fingerprint density at radius 1 is 0.962 bits per heavy atom. The van der Waals surface area contributed by atoms with E-state index in [1.807, 2.05) is 79.7 Å². The third-order valence-corrected chi connectivity index (χ3v) is 8.74. The van der Waals surface area contributed by atoms with Crippen LogP contribution in [0, 0.1) is 5.92 Å². The number of anilines is 1. The SMILES string of the molecule is CCOCc1nc2c(NC[C@@H](NC(=O)OC(C)(C)C)C(C)C)nc3ccccc3c2n1CC(C)(C)OCCNC(=O)CCCCCN1C(=O)C=CC1=O. The van der Waals surface area contributed by atoms with Gasteiger partial charge in [-0.25, -0.2) is 14.8 Å². The number of para-hydroxylation sites is 1. The number of imide groups is 1. The molecule has 1 aliphatic rings. The van der Waals surface area contributed by atoms with Crippen molar-refractivity contribution < 1.29 is 33.4 Å². The second-order valence-electron chi connectivity index (χ2n) is 15.2. The number of carbonyl (C=O) groups is 4. The lowest BCUT2D eigenvalue weighted by Crippen LogP contribution is -2.45. The van der Waals surface area contributed by atoms with Gasteiger partial charge in [0.2, 0.25) is 5.91 Å². The van der Waals surface area contributed by atoms with Crippen LogP contribution in [-0.4, -0.2) is 93.3 Å². The summed E-state index contributed by atoms with van der Waals surface area (Å²) in [5.74, 6) is 0.814. The lowest BCUT2D eigenvalue weighted by Gasteiger charge is -2.27. The van der Waals surface area contributed by atoms with Gasteiger partial charge in [-0.2, -0.15) is 0 Å². The topological polar surface area (TPSA) is 166 Å². The normalized spacial score (nSPS) is 14.1. The molecular weight excluding hydrogens is 678 g/mol. The molecule has 14 heteroatoms. The monoisotopic (exact) mass is 735 g/mol. The van der Waals surface area contributed by atoms with Crippen LogP contribution < -0.4 is 16.0 Å². The molecule has 0 radical (unpaired) electrons. The fourth-order valence-corrected chi connectivity index (χ4v) is 6.01. The Bertz CT molecular complexity index is 1760. The molecule has 0 bridgehead atoms. The number of hydrogen-bond acceptors (Lipinski definition) is 10. The highest BCUT2D eigenvalue weighted by atomic mass is 16.6. The lowest BCUT2D eigenvalue weighted by molar-refractivity contribution is -0.137. The second kappa shape index (κ2) is 18.5. The van der Waals surface area contributed by atoms with Gasteiger partial charge in [0.05, 0.1) is 35.8 Å². The number of ether oxygens (including phenoxy) is 3. The van der Waals surface area contributed by atoms with Gasteiger partial charge in [0.15, 0.2) is 5.82 Å². The number of imidazole rings is 1. The predicted octanol–water partition coefficient (Wildman–Crippen LogP) is 5.48. The number of nitrogens with one attached hydrogen (secondary N) is 3. The molecule has 0 unspecified atom stereocenters. The van der Waals surface area contributed by atoms with Crippen LogP contribution in [0.1, 0.15) is 86.9 Å². The highest BCUT2D eigenvalue weighted by Crippen LogP contribution is 2.32. The fourth-order valence-electron chi connectivity index (χ4n) is 6.01. The van der Waals surface area contributed by atoms with Crippen molar-refractivity contribution in [1.82, 2.24) is 30.1 Å². The van der Waals surface area contributed by atoms with Gasteiger partial charge in [0, 0.05) is 50.2 Å². The van der Waals surface area contributed by atoms with E-state index in [0.29, 0.717) is 76.6 Å². The molecule has 14 nitrogen and oxygen atoms in total. The predicted molar refractivity (Wildman–Crippen MR) is 204 cm³/mol. The molecule has 0 fully saturated rings. The van der Waals surface area contributed by atoms with Crippen molar-refractivity contribution in [1.29, 1.82) is 0 Å². The van der Waals surface area contributed by atoms with Crippen LogP contribution in [0.25, 0.3) is 21.9 Å². The van der Waals surface area contributed by atoms with E-state index in [9.17, 15) is 19.2 Å². The van der Waals surface area contributed by atoms with Gasteiger partial charge in [-0.15, -0.1) is 0 Å². The maximum atomic E-state index is 12.6. The van der Waals surface area contributed by atoms with Crippen LogP contribution in [-0.2, 0) is 41.7 Å². The van der Waals surface area contributed by atoms with E-state index < -0.39 is 17.3 Å². The molecule has 1 aliphatic heterocycles. The molecule has 2 aromatic heterocycles. The number of unbranched alkanes of at least 4 members (excludes halogenated alkanes) is 2. The van der Waals surface area contributed by atoms with E-state index in [-0.39, 0.29) is 29.7 Å². The first kappa shape index (κ1) is 41.2.